The molecule has 1 aliphatic rings. The molecular weight excluding hydrogens is 226 g/mol. The molecular formula is C14H23N3O. The molecule has 0 saturated heterocycles. The zero-order valence-corrected chi connectivity index (χ0v) is 11.3. The number of nitrogens with zero attached hydrogens (tertiary/aromatic N) is 2. The van der Waals surface area contributed by atoms with Gasteiger partial charge in [0.05, 0.1) is 6.61 Å². The summed E-state index contributed by atoms with van der Waals surface area (Å²) in [6, 6.07) is 6.44. The molecule has 2 unspecified atom stereocenters. The first-order chi connectivity index (χ1) is 8.76. The van der Waals surface area contributed by atoms with Crippen LogP contribution in [0.3, 0.4) is 0 Å². The van der Waals surface area contributed by atoms with Gasteiger partial charge in [-0.3, -0.25) is 0 Å². The molecule has 0 radical (unpaired) electrons. The zero-order chi connectivity index (χ0) is 13.0. The van der Waals surface area contributed by atoms with E-state index in [0.717, 1.165) is 12.4 Å². The van der Waals surface area contributed by atoms with Crippen molar-refractivity contribution in [3.05, 3.63) is 18.2 Å². The summed E-state index contributed by atoms with van der Waals surface area (Å²) in [5, 5.41) is 0. The van der Waals surface area contributed by atoms with Gasteiger partial charge in [-0.2, -0.15) is 4.98 Å². The molecule has 4 nitrogen and oxygen atoms in total. The van der Waals surface area contributed by atoms with Crippen molar-refractivity contribution >= 4 is 5.82 Å². The van der Waals surface area contributed by atoms with Gasteiger partial charge in [0, 0.05) is 19.2 Å². The smallest absolute Gasteiger partial charge is 0.215 e. The third-order valence-electron chi connectivity index (χ3n) is 3.78. The summed E-state index contributed by atoms with van der Waals surface area (Å²) in [5.74, 6) is 2.27. The van der Waals surface area contributed by atoms with E-state index in [4.69, 9.17) is 10.5 Å². The Morgan fingerprint density at radius 2 is 2.28 bits per heavy atom. The quantitative estimate of drug-likeness (QED) is 0.867. The standard InChI is InChI=1S/C14H23N3O/c1-3-18-14-9-5-8-13(16-14)17(2)12-7-4-6-11(12)10-15/h5,8-9,11-12H,3-4,6-7,10,15H2,1-2H3. The van der Waals surface area contributed by atoms with Gasteiger partial charge in [-0.15, -0.1) is 0 Å². The van der Waals surface area contributed by atoms with Crippen LogP contribution in [0.1, 0.15) is 26.2 Å². The Morgan fingerprint density at radius 3 is 3.00 bits per heavy atom. The van der Waals surface area contributed by atoms with E-state index >= 15 is 0 Å². The van der Waals surface area contributed by atoms with Crippen molar-refractivity contribution in [3.63, 3.8) is 0 Å². The summed E-state index contributed by atoms with van der Waals surface area (Å²) in [7, 11) is 2.11. The summed E-state index contributed by atoms with van der Waals surface area (Å²) < 4.78 is 5.45. The molecule has 1 aromatic heterocycles. The maximum atomic E-state index is 5.85. The normalized spacial score (nSPS) is 23.1. The van der Waals surface area contributed by atoms with Gasteiger partial charge in [-0.05, 0) is 38.3 Å². The molecule has 1 aromatic rings. The van der Waals surface area contributed by atoms with Gasteiger partial charge in [0.25, 0.3) is 0 Å². The van der Waals surface area contributed by atoms with Crippen LogP contribution in [0.2, 0.25) is 0 Å². The van der Waals surface area contributed by atoms with E-state index in [2.05, 4.69) is 16.9 Å². The van der Waals surface area contributed by atoms with Crippen LogP contribution in [0.5, 0.6) is 5.88 Å². The second-order valence-electron chi connectivity index (χ2n) is 4.87. The summed E-state index contributed by atoms with van der Waals surface area (Å²) in [5.41, 5.74) is 5.85. The van der Waals surface area contributed by atoms with E-state index in [9.17, 15) is 0 Å². The highest BCUT2D eigenvalue weighted by molar-refractivity contribution is 5.41. The lowest BCUT2D eigenvalue weighted by Crippen LogP contribution is -2.38. The average Bonchev–Trinajstić information content (AvgIpc) is 2.87. The highest BCUT2D eigenvalue weighted by Gasteiger charge is 2.30. The Morgan fingerprint density at radius 1 is 1.44 bits per heavy atom. The first-order valence-corrected chi connectivity index (χ1v) is 6.79. The van der Waals surface area contributed by atoms with E-state index in [1.165, 1.54) is 19.3 Å². The number of hydrogen-bond acceptors (Lipinski definition) is 4. The predicted molar refractivity (Wildman–Crippen MR) is 74.0 cm³/mol. The van der Waals surface area contributed by atoms with Crippen LogP contribution in [-0.2, 0) is 0 Å². The molecule has 0 bridgehead atoms. The molecule has 0 spiro atoms. The van der Waals surface area contributed by atoms with Crippen LogP contribution in [0.15, 0.2) is 18.2 Å². The van der Waals surface area contributed by atoms with Crippen LogP contribution in [0.25, 0.3) is 0 Å². The van der Waals surface area contributed by atoms with Crippen molar-refractivity contribution in [2.24, 2.45) is 11.7 Å². The fourth-order valence-corrected chi connectivity index (χ4v) is 2.80. The molecule has 2 rings (SSSR count). The van der Waals surface area contributed by atoms with E-state index < -0.39 is 0 Å². The Labute approximate surface area is 109 Å². The van der Waals surface area contributed by atoms with Gasteiger partial charge in [0.1, 0.15) is 5.82 Å². The molecule has 1 heterocycles. The maximum Gasteiger partial charge on any atom is 0.215 e. The van der Waals surface area contributed by atoms with E-state index in [1.807, 2.05) is 25.1 Å². The lowest BCUT2D eigenvalue weighted by atomic mass is 10.0. The van der Waals surface area contributed by atoms with E-state index in [0.29, 0.717) is 24.4 Å². The summed E-state index contributed by atoms with van der Waals surface area (Å²) in [6.07, 6.45) is 3.71. The predicted octanol–water partition coefficient (Wildman–Crippen LogP) is 2.04. The molecule has 1 fully saturated rings. The Hall–Kier alpha value is -1.29. The van der Waals surface area contributed by atoms with Crippen LogP contribution in [0.4, 0.5) is 5.82 Å². The molecule has 0 aliphatic heterocycles. The fourth-order valence-electron chi connectivity index (χ4n) is 2.80. The number of pyridine rings is 1. The lowest BCUT2D eigenvalue weighted by Gasteiger charge is -2.30. The fraction of sp³-hybridized carbons (Fsp3) is 0.643. The number of hydrogen-bond donors (Lipinski definition) is 1. The first kappa shape index (κ1) is 13.1. The van der Waals surface area contributed by atoms with Crippen LogP contribution < -0.4 is 15.4 Å². The van der Waals surface area contributed by atoms with Gasteiger partial charge in [-0.1, -0.05) is 12.5 Å². The number of aromatic nitrogens is 1. The largest absolute Gasteiger partial charge is 0.478 e. The third kappa shape index (κ3) is 2.75. The minimum Gasteiger partial charge on any atom is -0.478 e. The van der Waals surface area contributed by atoms with Crippen LogP contribution in [-0.4, -0.2) is 31.2 Å². The SMILES string of the molecule is CCOc1cccc(N(C)C2CCCC2CN)n1. The van der Waals surface area contributed by atoms with Crippen molar-refractivity contribution in [3.8, 4) is 5.88 Å². The van der Waals surface area contributed by atoms with E-state index in [1.54, 1.807) is 0 Å². The number of rotatable bonds is 5. The topological polar surface area (TPSA) is 51.4 Å². The van der Waals surface area contributed by atoms with Crippen LogP contribution >= 0.6 is 0 Å². The maximum absolute atomic E-state index is 5.85. The zero-order valence-electron chi connectivity index (χ0n) is 11.3. The molecule has 2 N–H and O–H groups in total. The highest BCUT2D eigenvalue weighted by atomic mass is 16.5. The number of anilines is 1. The van der Waals surface area contributed by atoms with Gasteiger partial charge < -0.3 is 15.4 Å². The molecule has 100 valence electrons. The van der Waals surface area contributed by atoms with Gasteiger partial charge >= 0.3 is 0 Å². The number of ether oxygens (including phenoxy) is 1. The summed E-state index contributed by atoms with van der Waals surface area (Å²) in [4.78, 5) is 6.80. The summed E-state index contributed by atoms with van der Waals surface area (Å²) in [6.45, 7) is 3.38. The van der Waals surface area contributed by atoms with Crippen molar-refractivity contribution in [1.29, 1.82) is 0 Å². The monoisotopic (exact) mass is 249 g/mol. The second-order valence-corrected chi connectivity index (χ2v) is 4.87. The minimum absolute atomic E-state index is 0.513. The van der Waals surface area contributed by atoms with Crippen molar-refractivity contribution in [1.82, 2.24) is 4.98 Å². The third-order valence-corrected chi connectivity index (χ3v) is 3.78. The van der Waals surface area contributed by atoms with Crippen molar-refractivity contribution in [2.45, 2.75) is 32.2 Å². The lowest BCUT2D eigenvalue weighted by molar-refractivity contribution is 0.326. The number of nitrogens with two attached hydrogens (primary N) is 1. The first-order valence-electron chi connectivity index (χ1n) is 6.79. The molecule has 4 heteroatoms. The van der Waals surface area contributed by atoms with Gasteiger partial charge in [0.15, 0.2) is 0 Å². The van der Waals surface area contributed by atoms with Crippen molar-refractivity contribution < 1.29 is 4.74 Å². The van der Waals surface area contributed by atoms with Crippen LogP contribution in [0, 0.1) is 5.92 Å². The van der Waals surface area contributed by atoms with E-state index in [-0.39, 0.29) is 0 Å². The summed E-state index contributed by atoms with van der Waals surface area (Å²) >= 11 is 0. The molecule has 2 atom stereocenters. The van der Waals surface area contributed by atoms with Gasteiger partial charge in [0.2, 0.25) is 5.88 Å². The highest BCUT2D eigenvalue weighted by Crippen LogP contribution is 2.31. The minimum atomic E-state index is 0.513. The molecule has 0 amide bonds. The van der Waals surface area contributed by atoms with Gasteiger partial charge in [-0.25, -0.2) is 0 Å². The second kappa shape index (κ2) is 6.05. The Kier molecular flexibility index (Phi) is 4.42. The molecule has 0 aromatic carbocycles. The Bertz CT molecular complexity index is 383. The molecule has 1 aliphatic carbocycles. The average molecular weight is 249 g/mol. The molecule has 18 heavy (non-hydrogen) atoms. The molecule has 1 saturated carbocycles. The van der Waals surface area contributed by atoms with Crippen molar-refractivity contribution in [2.75, 3.05) is 25.1 Å². The Balaban J connectivity index is 2.12.